The highest BCUT2D eigenvalue weighted by molar-refractivity contribution is 5.74. The van der Waals surface area contributed by atoms with Crippen LogP contribution >= 0.6 is 0 Å². The van der Waals surface area contributed by atoms with Gasteiger partial charge in [-0.1, -0.05) is 18.2 Å². The van der Waals surface area contributed by atoms with Crippen molar-refractivity contribution in [3.05, 3.63) is 35.4 Å². The third-order valence-corrected chi connectivity index (χ3v) is 5.60. The fourth-order valence-corrected chi connectivity index (χ4v) is 3.77. The van der Waals surface area contributed by atoms with Crippen LogP contribution in [0.25, 0.3) is 0 Å². The van der Waals surface area contributed by atoms with Crippen molar-refractivity contribution in [2.24, 2.45) is 11.8 Å². The molecule has 2 fully saturated rings. The zero-order chi connectivity index (χ0) is 20.1. The molecule has 1 aliphatic heterocycles. The Balaban J connectivity index is 1.47. The average Bonchev–Trinajstić information content (AvgIpc) is 3.49. The number of benzene rings is 1. The molecule has 1 aromatic carbocycles. The number of hydrogen-bond donors (Lipinski definition) is 3. The van der Waals surface area contributed by atoms with E-state index in [-0.39, 0.29) is 5.56 Å². The van der Waals surface area contributed by atoms with E-state index in [0.717, 1.165) is 37.9 Å². The van der Waals surface area contributed by atoms with Crippen LogP contribution in [0.15, 0.2) is 24.3 Å². The molecule has 0 radical (unpaired) electrons. The summed E-state index contributed by atoms with van der Waals surface area (Å²) in [5.41, 5.74) is -0.988. The Kier molecular flexibility index (Phi) is 6.82. The Bertz CT molecular complexity index is 656. The summed E-state index contributed by atoms with van der Waals surface area (Å²) in [6, 6.07) is 3.31. The third-order valence-electron chi connectivity index (χ3n) is 5.60. The maximum Gasteiger partial charge on any atom is 0.416 e. The summed E-state index contributed by atoms with van der Waals surface area (Å²) in [6.45, 7) is 3.12. The van der Waals surface area contributed by atoms with Crippen LogP contribution in [-0.2, 0) is 6.18 Å². The van der Waals surface area contributed by atoms with Crippen molar-refractivity contribution < 1.29 is 23.1 Å². The number of likely N-dealkylation sites (tertiary alicyclic amines) is 1. The van der Waals surface area contributed by atoms with Crippen molar-refractivity contribution in [1.29, 1.82) is 0 Å². The smallest absolute Gasteiger partial charge is 0.394 e. The van der Waals surface area contributed by atoms with E-state index in [1.54, 1.807) is 0 Å². The van der Waals surface area contributed by atoms with E-state index in [1.165, 1.54) is 37.6 Å². The van der Waals surface area contributed by atoms with Gasteiger partial charge in [-0.05, 0) is 62.2 Å². The first-order valence-electron chi connectivity index (χ1n) is 9.90. The monoisotopic (exact) mass is 399 g/mol. The van der Waals surface area contributed by atoms with Crippen molar-refractivity contribution in [3.63, 3.8) is 0 Å². The topological polar surface area (TPSA) is 64.6 Å². The number of alkyl halides is 3. The van der Waals surface area contributed by atoms with Crippen molar-refractivity contribution >= 4 is 6.03 Å². The Morgan fingerprint density at radius 3 is 2.43 bits per heavy atom. The number of urea groups is 1. The van der Waals surface area contributed by atoms with Gasteiger partial charge in [-0.2, -0.15) is 13.2 Å². The van der Waals surface area contributed by atoms with Gasteiger partial charge >= 0.3 is 12.2 Å². The van der Waals surface area contributed by atoms with Crippen LogP contribution in [0.1, 0.15) is 42.9 Å². The third kappa shape index (κ3) is 5.85. The van der Waals surface area contributed by atoms with E-state index in [2.05, 4.69) is 15.5 Å². The Hall–Kier alpha value is -1.80. The van der Waals surface area contributed by atoms with E-state index in [1.807, 2.05) is 0 Å². The zero-order valence-corrected chi connectivity index (χ0v) is 15.8. The summed E-state index contributed by atoms with van der Waals surface area (Å²) in [4.78, 5) is 14.7. The van der Waals surface area contributed by atoms with Gasteiger partial charge in [-0.25, -0.2) is 4.79 Å². The fourth-order valence-electron chi connectivity index (χ4n) is 3.77. The van der Waals surface area contributed by atoms with Crippen LogP contribution in [-0.4, -0.2) is 48.8 Å². The first kappa shape index (κ1) is 20.9. The number of nitrogens with zero attached hydrogens (tertiary/aromatic N) is 1. The second-order valence-electron chi connectivity index (χ2n) is 7.86. The van der Waals surface area contributed by atoms with Crippen LogP contribution in [0.5, 0.6) is 0 Å². The van der Waals surface area contributed by atoms with Crippen LogP contribution in [0.3, 0.4) is 0 Å². The summed E-state index contributed by atoms with van der Waals surface area (Å²) in [6.07, 6.45) is 0.146. The van der Waals surface area contributed by atoms with E-state index in [0.29, 0.717) is 12.5 Å². The summed E-state index contributed by atoms with van der Waals surface area (Å²) >= 11 is 0. The van der Waals surface area contributed by atoms with Crippen LogP contribution in [0, 0.1) is 11.8 Å². The highest BCUT2D eigenvalue weighted by Gasteiger charge is 2.35. The normalized spacial score (nSPS) is 20.0. The lowest BCUT2D eigenvalue weighted by Crippen LogP contribution is -2.44. The van der Waals surface area contributed by atoms with Crippen molar-refractivity contribution in [2.75, 3.05) is 32.8 Å². The summed E-state index contributed by atoms with van der Waals surface area (Å²) in [5, 5.41) is 14.7. The van der Waals surface area contributed by atoms with Gasteiger partial charge in [-0.15, -0.1) is 0 Å². The van der Waals surface area contributed by atoms with Crippen LogP contribution in [0.4, 0.5) is 18.0 Å². The number of carbonyl (C=O) groups excluding carboxylic acids is 1. The van der Waals surface area contributed by atoms with Gasteiger partial charge in [0.1, 0.15) is 0 Å². The molecule has 8 heteroatoms. The lowest BCUT2D eigenvalue weighted by atomic mass is 9.96. The number of amides is 2. The molecule has 1 saturated carbocycles. The predicted molar refractivity (Wildman–Crippen MR) is 99.7 cm³/mol. The molecule has 0 aromatic heterocycles. The number of piperidine rings is 1. The number of halogens is 3. The van der Waals surface area contributed by atoms with Gasteiger partial charge in [0.15, 0.2) is 0 Å². The lowest BCUT2D eigenvalue weighted by molar-refractivity contribution is -0.138. The Morgan fingerprint density at radius 2 is 1.82 bits per heavy atom. The fraction of sp³-hybridized carbons (Fsp3) is 0.650. The number of aliphatic hydroxyl groups is 1. The first-order chi connectivity index (χ1) is 13.4. The minimum atomic E-state index is -4.55. The Labute approximate surface area is 163 Å². The van der Waals surface area contributed by atoms with E-state index < -0.39 is 30.4 Å². The maximum absolute atomic E-state index is 13.2. The molecule has 5 nitrogen and oxygen atoms in total. The number of rotatable bonds is 7. The molecule has 0 spiro atoms. The summed E-state index contributed by atoms with van der Waals surface area (Å²) in [5.74, 6) is 1.24. The van der Waals surface area contributed by atoms with E-state index in [4.69, 9.17) is 0 Å². The standard InChI is InChI=1S/C20H28F3N3O2/c21-20(22,23)17-4-2-1-3-16(17)18(13-27)25-19(28)24-11-14-7-9-26(10-8-14)12-15-5-6-15/h1-4,14-15,18,27H,5-13H2,(H2,24,25,28). The molecule has 28 heavy (non-hydrogen) atoms. The maximum atomic E-state index is 13.2. The molecule has 1 aliphatic carbocycles. The number of carbonyl (C=O) groups is 1. The first-order valence-corrected chi connectivity index (χ1v) is 9.90. The SMILES string of the molecule is O=C(NCC1CCN(CC2CC2)CC1)NC(CO)c1ccccc1C(F)(F)F. The molecule has 156 valence electrons. The minimum absolute atomic E-state index is 0.138. The van der Waals surface area contributed by atoms with Crippen molar-refractivity contribution in [3.8, 4) is 0 Å². The molecule has 1 atom stereocenters. The quantitative estimate of drug-likeness (QED) is 0.660. The molecule has 2 aliphatic rings. The molecule has 1 unspecified atom stereocenters. The molecular formula is C20H28F3N3O2. The molecule has 2 amide bonds. The number of nitrogens with one attached hydrogen (secondary N) is 2. The Morgan fingerprint density at radius 1 is 1.14 bits per heavy atom. The molecule has 3 N–H and O–H groups in total. The molecule has 1 heterocycles. The average molecular weight is 399 g/mol. The van der Waals surface area contributed by atoms with Crippen molar-refractivity contribution in [2.45, 2.75) is 37.9 Å². The van der Waals surface area contributed by atoms with Crippen LogP contribution in [0.2, 0.25) is 0 Å². The second-order valence-corrected chi connectivity index (χ2v) is 7.86. The van der Waals surface area contributed by atoms with Gasteiger partial charge < -0.3 is 20.6 Å². The highest BCUT2D eigenvalue weighted by atomic mass is 19.4. The van der Waals surface area contributed by atoms with Gasteiger partial charge in [0.05, 0.1) is 18.2 Å². The summed E-state index contributed by atoms with van der Waals surface area (Å²) < 4.78 is 39.5. The van der Waals surface area contributed by atoms with E-state index in [9.17, 15) is 23.1 Å². The van der Waals surface area contributed by atoms with Gasteiger partial charge in [0.25, 0.3) is 0 Å². The molecule has 1 saturated heterocycles. The van der Waals surface area contributed by atoms with Gasteiger partial charge in [-0.3, -0.25) is 0 Å². The largest absolute Gasteiger partial charge is 0.416 e. The number of hydrogen-bond acceptors (Lipinski definition) is 3. The highest BCUT2D eigenvalue weighted by Crippen LogP contribution is 2.34. The van der Waals surface area contributed by atoms with Crippen LogP contribution < -0.4 is 10.6 Å². The number of aliphatic hydroxyl groups excluding tert-OH is 1. The second kappa shape index (κ2) is 9.13. The minimum Gasteiger partial charge on any atom is -0.394 e. The zero-order valence-electron chi connectivity index (χ0n) is 15.8. The predicted octanol–water partition coefficient (Wildman–Crippen LogP) is 3.16. The van der Waals surface area contributed by atoms with Gasteiger partial charge in [0.2, 0.25) is 0 Å². The van der Waals surface area contributed by atoms with E-state index >= 15 is 0 Å². The molecule has 1 aromatic rings. The molecular weight excluding hydrogens is 371 g/mol. The molecule has 0 bridgehead atoms. The lowest BCUT2D eigenvalue weighted by Gasteiger charge is -2.32. The molecule has 3 rings (SSSR count). The van der Waals surface area contributed by atoms with Gasteiger partial charge in [0, 0.05) is 13.1 Å². The summed E-state index contributed by atoms with van der Waals surface area (Å²) in [7, 11) is 0. The van der Waals surface area contributed by atoms with Crippen molar-refractivity contribution in [1.82, 2.24) is 15.5 Å².